The second-order valence-corrected chi connectivity index (χ2v) is 4.69. The molecule has 0 radical (unpaired) electrons. The molecule has 1 saturated heterocycles. The van der Waals surface area contributed by atoms with Crippen molar-refractivity contribution in [1.82, 2.24) is 0 Å². The lowest BCUT2D eigenvalue weighted by Gasteiger charge is -2.23. The second-order valence-electron chi connectivity index (χ2n) is 4.69. The number of hydrogen-bond acceptors (Lipinski definition) is 4. The highest BCUT2D eigenvalue weighted by molar-refractivity contribution is 5.70. The van der Waals surface area contributed by atoms with Gasteiger partial charge in [-0.25, -0.2) is 0 Å². The van der Waals surface area contributed by atoms with Gasteiger partial charge >= 0.3 is 11.9 Å². The van der Waals surface area contributed by atoms with E-state index in [1.165, 1.54) is 0 Å². The van der Waals surface area contributed by atoms with Crippen molar-refractivity contribution in [2.75, 3.05) is 13.2 Å². The Hall–Kier alpha value is -1.06. The molecule has 0 aromatic rings. The lowest BCUT2D eigenvalue weighted by Crippen LogP contribution is -2.28. The van der Waals surface area contributed by atoms with Gasteiger partial charge in [0, 0.05) is 18.3 Å². The predicted octanol–water partition coefficient (Wildman–Crippen LogP) is 1.67. The molecule has 1 heterocycles. The van der Waals surface area contributed by atoms with Crippen LogP contribution < -0.4 is 0 Å². The number of rotatable bonds is 0. The van der Waals surface area contributed by atoms with Crippen LogP contribution in [0.5, 0.6) is 0 Å². The molecular weight excluding hydrogens is 196 g/mol. The monoisotopic (exact) mass is 214 g/mol. The summed E-state index contributed by atoms with van der Waals surface area (Å²) in [6.07, 6.45) is 2.16. The summed E-state index contributed by atoms with van der Waals surface area (Å²) in [4.78, 5) is 22.5. The van der Waals surface area contributed by atoms with E-state index in [4.69, 9.17) is 9.47 Å². The van der Waals surface area contributed by atoms with E-state index in [1.807, 2.05) is 13.8 Å². The first-order chi connectivity index (χ1) is 6.99. The van der Waals surface area contributed by atoms with Crippen LogP contribution in [0.15, 0.2) is 0 Å². The summed E-state index contributed by atoms with van der Waals surface area (Å²) < 4.78 is 10.2. The zero-order valence-corrected chi connectivity index (χ0v) is 9.38. The van der Waals surface area contributed by atoms with Gasteiger partial charge in [-0.1, -0.05) is 13.8 Å². The fourth-order valence-electron chi connectivity index (χ4n) is 1.28. The van der Waals surface area contributed by atoms with Crippen molar-refractivity contribution < 1.29 is 19.1 Å². The van der Waals surface area contributed by atoms with E-state index in [1.54, 1.807) is 0 Å². The first-order valence-corrected chi connectivity index (χ1v) is 5.31. The van der Waals surface area contributed by atoms with Gasteiger partial charge in [0.1, 0.15) is 0 Å². The first kappa shape index (κ1) is 12.0. The van der Waals surface area contributed by atoms with Crippen LogP contribution in [0, 0.1) is 5.41 Å². The van der Waals surface area contributed by atoms with E-state index < -0.39 is 0 Å². The van der Waals surface area contributed by atoms with Crippen LogP contribution in [0.3, 0.4) is 0 Å². The Morgan fingerprint density at radius 1 is 0.933 bits per heavy atom. The van der Waals surface area contributed by atoms with Crippen LogP contribution in [0.25, 0.3) is 0 Å². The Morgan fingerprint density at radius 3 is 1.73 bits per heavy atom. The normalized spacial score (nSPS) is 23.6. The van der Waals surface area contributed by atoms with Crippen LogP contribution in [0.1, 0.15) is 39.5 Å². The van der Waals surface area contributed by atoms with E-state index in [0.29, 0.717) is 38.9 Å². The van der Waals surface area contributed by atoms with Gasteiger partial charge in [0.05, 0.1) is 13.2 Å². The van der Waals surface area contributed by atoms with E-state index in [2.05, 4.69) is 0 Å². The molecule has 86 valence electrons. The lowest BCUT2D eigenvalue weighted by atomic mass is 9.96. The lowest BCUT2D eigenvalue weighted by molar-refractivity contribution is -0.151. The van der Waals surface area contributed by atoms with Crippen molar-refractivity contribution >= 4 is 11.9 Å². The van der Waals surface area contributed by atoms with Crippen molar-refractivity contribution in [1.29, 1.82) is 0 Å². The standard InChI is InChI=1S/C11H18O4/c1-11(2)7-14-9(12)5-3-4-6-10(13)15-8-11/h3-8H2,1-2H3. The summed E-state index contributed by atoms with van der Waals surface area (Å²) in [7, 11) is 0. The van der Waals surface area contributed by atoms with Crippen LogP contribution in [0.2, 0.25) is 0 Å². The van der Waals surface area contributed by atoms with Crippen LogP contribution in [-0.4, -0.2) is 25.2 Å². The van der Waals surface area contributed by atoms with Gasteiger partial charge in [-0.15, -0.1) is 0 Å². The Balaban J connectivity index is 2.54. The Bertz CT molecular complexity index is 221. The molecule has 0 aromatic heterocycles. The van der Waals surface area contributed by atoms with Gasteiger partial charge in [-0.3, -0.25) is 9.59 Å². The molecule has 0 amide bonds. The van der Waals surface area contributed by atoms with Crippen molar-refractivity contribution in [2.45, 2.75) is 39.5 Å². The Kier molecular flexibility index (Phi) is 4.12. The van der Waals surface area contributed by atoms with Crippen molar-refractivity contribution in [3.05, 3.63) is 0 Å². The number of carbonyl (C=O) groups is 2. The molecule has 0 atom stereocenters. The maximum absolute atomic E-state index is 11.2. The van der Waals surface area contributed by atoms with Crippen LogP contribution in [0.4, 0.5) is 0 Å². The van der Waals surface area contributed by atoms with Gasteiger partial charge in [0.25, 0.3) is 0 Å². The largest absolute Gasteiger partial charge is 0.465 e. The van der Waals surface area contributed by atoms with E-state index in [9.17, 15) is 9.59 Å². The molecule has 0 saturated carbocycles. The summed E-state index contributed by atoms with van der Waals surface area (Å²) in [5.41, 5.74) is -0.296. The Labute approximate surface area is 89.9 Å². The molecule has 4 heteroatoms. The van der Waals surface area contributed by atoms with E-state index >= 15 is 0 Å². The molecule has 0 N–H and O–H groups in total. The second kappa shape index (κ2) is 5.14. The smallest absolute Gasteiger partial charge is 0.305 e. The molecule has 0 bridgehead atoms. The topological polar surface area (TPSA) is 52.6 Å². The molecule has 1 rings (SSSR count). The third kappa shape index (κ3) is 4.81. The Morgan fingerprint density at radius 2 is 1.33 bits per heavy atom. The maximum atomic E-state index is 11.2. The highest BCUT2D eigenvalue weighted by Gasteiger charge is 2.23. The highest BCUT2D eigenvalue weighted by atomic mass is 16.5. The molecule has 1 aliphatic heterocycles. The summed E-state index contributed by atoms with van der Waals surface area (Å²) in [6.45, 7) is 4.43. The van der Waals surface area contributed by atoms with Gasteiger partial charge in [-0.2, -0.15) is 0 Å². The van der Waals surface area contributed by atoms with Crippen LogP contribution >= 0.6 is 0 Å². The summed E-state index contributed by atoms with van der Waals surface area (Å²) in [6, 6.07) is 0. The van der Waals surface area contributed by atoms with Crippen molar-refractivity contribution in [2.24, 2.45) is 5.41 Å². The number of hydrogen-bond donors (Lipinski definition) is 0. The fraction of sp³-hybridized carbons (Fsp3) is 0.818. The maximum Gasteiger partial charge on any atom is 0.305 e. The minimum absolute atomic E-state index is 0.183. The molecule has 0 aromatic carbocycles. The van der Waals surface area contributed by atoms with Crippen LogP contribution in [-0.2, 0) is 19.1 Å². The molecule has 0 unspecified atom stereocenters. The fourth-order valence-corrected chi connectivity index (χ4v) is 1.28. The molecular formula is C11H18O4. The number of ether oxygens (including phenoxy) is 2. The average molecular weight is 214 g/mol. The van der Waals surface area contributed by atoms with Crippen molar-refractivity contribution in [3.63, 3.8) is 0 Å². The zero-order chi connectivity index (χ0) is 11.3. The average Bonchev–Trinajstić information content (AvgIpc) is 2.20. The number of esters is 2. The summed E-state index contributed by atoms with van der Waals surface area (Å²) in [5, 5.41) is 0. The minimum Gasteiger partial charge on any atom is -0.465 e. The molecule has 1 fully saturated rings. The molecule has 1 aliphatic rings. The van der Waals surface area contributed by atoms with Gasteiger partial charge in [-0.05, 0) is 12.8 Å². The number of cyclic esters (lactones) is 2. The first-order valence-electron chi connectivity index (χ1n) is 5.31. The van der Waals surface area contributed by atoms with E-state index in [-0.39, 0.29) is 17.4 Å². The third-order valence-electron chi connectivity index (χ3n) is 2.26. The minimum atomic E-state index is -0.296. The molecule has 0 spiro atoms. The third-order valence-corrected chi connectivity index (χ3v) is 2.26. The van der Waals surface area contributed by atoms with Gasteiger partial charge in [0.15, 0.2) is 0 Å². The zero-order valence-electron chi connectivity index (χ0n) is 9.38. The summed E-state index contributed by atoms with van der Waals surface area (Å²) in [5.74, 6) is -0.366. The van der Waals surface area contributed by atoms with Gasteiger partial charge < -0.3 is 9.47 Å². The number of carbonyl (C=O) groups excluding carboxylic acids is 2. The van der Waals surface area contributed by atoms with Crippen molar-refractivity contribution in [3.8, 4) is 0 Å². The van der Waals surface area contributed by atoms with E-state index in [0.717, 1.165) is 0 Å². The molecule has 15 heavy (non-hydrogen) atoms. The highest BCUT2D eigenvalue weighted by Crippen LogP contribution is 2.18. The van der Waals surface area contributed by atoms with Gasteiger partial charge in [0.2, 0.25) is 0 Å². The molecule has 0 aliphatic carbocycles. The summed E-state index contributed by atoms with van der Waals surface area (Å²) >= 11 is 0. The molecule has 4 nitrogen and oxygen atoms in total. The predicted molar refractivity (Wildman–Crippen MR) is 54.2 cm³/mol. The SMILES string of the molecule is CC1(C)COC(=O)CCCCC(=O)OC1. The quantitative estimate of drug-likeness (QED) is 0.575.